The van der Waals surface area contributed by atoms with Gasteiger partial charge in [-0.1, -0.05) is 30.3 Å². The fourth-order valence-electron chi connectivity index (χ4n) is 3.93. The minimum absolute atomic E-state index is 0.0198. The number of amides is 2. The summed E-state index contributed by atoms with van der Waals surface area (Å²) in [6.07, 6.45) is 0.546. The Kier molecular flexibility index (Phi) is 10.3. The third kappa shape index (κ3) is 9.27. The molecule has 0 radical (unpaired) electrons. The van der Waals surface area contributed by atoms with E-state index in [1.165, 1.54) is 4.90 Å². The first-order chi connectivity index (χ1) is 17.5. The second-order valence-electron chi connectivity index (χ2n) is 10.0. The minimum atomic E-state index is -0.617. The molecule has 3 rings (SSSR count). The van der Waals surface area contributed by atoms with Crippen LogP contribution in [0.5, 0.6) is 0 Å². The summed E-state index contributed by atoms with van der Waals surface area (Å²) in [5.41, 5.74) is 0.344. The van der Waals surface area contributed by atoms with Crippen LogP contribution in [0.1, 0.15) is 44.7 Å². The summed E-state index contributed by atoms with van der Waals surface area (Å²) in [4.78, 5) is 28.2. The molecule has 1 saturated heterocycles. The third-order valence-electron chi connectivity index (χ3n) is 5.88. The summed E-state index contributed by atoms with van der Waals surface area (Å²) in [6.45, 7) is 7.25. The van der Waals surface area contributed by atoms with Gasteiger partial charge in [-0.15, -0.1) is 0 Å². The second kappa shape index (κ2) is 13.2. The van der Waals surface area contributed by atoms with E-state index in [0.717, 1.165) is 30.5 Å². The average molecular weight is 582 g/mol. The van der Waals surface area contributed by atoms with E-state index in [1.54, 1.807) is 4.90 Å². The monoisotopic (exact) mass is 581 g/mol. The molecule has 0 aromatic heterocycles. The molecular formula is C27H34BrF2N3O4. The van der Waals surface area contributed by atoms with Crippen molar-refractivity contribution in [1.29, 1.82) is 0 Å². The molecule has 0 bridgehead atoms. The molecule has 1 aliphatic rings. The highest BCUT2D eigenvalue weighted by atomic mass is 79.9. The van der Waals surface area contributed by atoms with E-state index in [1.807, 2.05) is 51.1 Å². The molecule has 1 N–H and O–H groups in total. The Balaban J connectivity index is 1.56. The van der Waals surface area contributed by atoms with Gasteiger partial charge in [-0.3, -0.25) is 0 Å². The minimum Gasteiger partial charge on any atom is -0.445 e. The summed E-state index contributed by atoms with van der Waals surface area (Å²) >= 11 is 2.98. The van der Waals surface area contributed by atoms with Crippen LogP contribution < -0.4 is 5.32 Å². The molecule has 202 valence electrons. The van der Waals surface area contributed by atoms with Crippen LogP contribution in [-0.4, -0.2) is 59.8 Å². The molecule has 1 aliphatic heterocycles. The molecule has 7 nitrogen and oxygen atoms in total. The highest BCUT2D eigenvalue weighted by Gasteiger charge is 2.27. The van der Waals surface area contributed by atoms with Gasteiger partial charge in [0.25, 0.3) is 0 Å². The molecule has 0 saturated carbocycles. The van der Waals surface area contributed by atoms with Crippen LogP contribution in [0.3, 0.4) is 0 Å². The number of halogens is 3. The Hall–Kier alpha value is -2.72. The van der Waals surface area contributed by atoms with Gasteiger partial charge >= 0.3 is 12.2 Å². The number of nitrogens with one attached hydrogen (secondary N) is 1. The van der Waals surface area contributed by atoms with Crippen LogP contribution in [-0.2, 0) is 22.6 Å². The number of carbonyl (C=O) groups excluding carboxylic acids is 2. The van der Waals surface area contributed by atoms with E-state index in [0.29, 0.717) is 19.6 Å². The Morgan fingerprint density at radius 3 is 2.43 bits per heavy atom. The van der Waals surface area contributed by atoms with Gasteiger partial charge in [-0.25, -0.2) is 18.4 Å². The van der Waals surface area contributed by atoms with Gasteiger partial charge < -0.3 is 24.6 Å². The molecule has 1 heterocycles. The lowest BCUT2D eigenvalue weighted by molar-refractivity contribution is 0.0197. The SMILES string of the molecule is CC(C)(C)OC(=O)N1CCC(NCCN(Cc2cc(F)c(Br)cc2F)C(=O)OCc2ccccc2)CC1. The normalized spacial score (nSPS) is 14.4. The Morgan fingerprint density at radius 1 is 1.11 bits per heavy atom. The average Bonchev–Trinajstić information content (AvgIpc) is 2.85. The lowest BCUT2D eigenvalue weighted by atomic mass is 10.1. The molecule has 2 amide bonds. The molecule has 0 atom stereocenters. The largest absolute Gasteiger partial charge is 0.445 e. The molecular weight excluding hydrogens is 548 g/mol. The zero-order valence-electron chi connectivity index (χ0n) is 21.4. The summed E-state index contributed by atoms with van der Waals surface area (Å²) in [7, 11) is 0. The summed E-state index contributed by atoms with van der Waals surface area (Å²) in [5, 5.41) is 3.41. The van der Waals surface area contributed by atoms with E-state index < -0.39 is 23.3 Å². The topological polar surface area (TPSA) is 71.1 Å². The highest BCUT2D eigenvalue weighted by Crippen LogP contribution is 2.22. The van der Waals surface area contributed by atoms with E-state index in [-0.39, 0.29) is 41.9 Å². The van der Waals surface area contributed by atoms with Gasteiger partial charge in [0, 0.05) is 37.8 Å². The van der Waals surface area contributed by atoms with Crippen molar-refractivity contribution in [2.24, 2.45) is 0 Å². The zero-order chi connectivity index (χ0) is 27.0. The lowest BCUT2D eigenvalue weighted by Crippen LogP contribution is -2.48. The maximum Gasteiger partial charge on any atom is 0.410 e. The lowest BCUT2D eigenvalue weighted by Gasteiger charge is -2.34. The van der Waals surface area contributed by atoms with Crippen molar-refractivity contribution in [1.82, 2.24) is 15.1 Å². The molecule has 10 heteroatoms. The van der Waals surface area contributed by atoms with Gasteiger partial charge in [0.15, 0.2) is 0 Å². The number of piperidine rings is 1. The molecule has 37 heavy (non-hydrogen) atoms. The molecule has 2 aromatic rings. The number of carbonyl (C=O) groups is 2. The summed E-state index contributed by atoms with van der Waals surface area (Å²) in [6, 6.07) is 11.5. The fraction of sp³-hybridized carbons (Fsp3) is 0.481. The van der Waals surface area contributed by atoms with Gasteiger partial charge in [0.2, 0.25) is 0 Å². The smallest absolute Gasteiger partial charge is 0.410 e. The Morgan fingerprint density at radius 2 is 1.78 bits per heavy atom. The number of hydrogen-bond acceptors (Lipinski definition) is 5. The second-order valence-corrected chi connectivity index (χ2v) is 10.9. The van der Waals surface area contributed by atoms with Crippen LogP contribution in [0, 0.1) is 11.6 Å². The van der Waals surface area contributed by atoms with E-state index in [2.05, 4.69) is 21.2 Å². The summed E-state index contributed by atoms with van der Waals surface area (Å²) in [5.74, 6) is -1.22. The number of hydrogen-bond donors (Lipinski definition) is 1. The highest BCUT2D eigenvalue weighted by molar-refractivity contribution is 9.10. The Bertz CT molecular complexity index is 1060. The number of rotatable bonds is 8. The van der Waals surface area contributed by atoms with Crippen LogP contribution in [0.15, 0.2) is 46.9 Å². The first-order valence-electron chi connectivity index (χ1n) is 12.3. The van der Waals surface area contributed by atoms with E-state index in [4.69, 9.17) is 9.47 Å². The maximum atomic E-state index is 14.5. The predicted octanol–water partition coefficient (Wildman–Crippen LogP) is 5.86. The van der Waals surface area contributed by atoms with Gasteiger partial charge in [0.05, 0.1) is 11.0 Å². The molecule has 0 aliphatic carbocycles. The first-order valence-corrected chi connectivity index (χ1v) is 13.1. The predicted molar refractivity (Wildman–Crippen MR) is 140 cm³/mol. The Labute approximate surface area is 225 Å². The quantitative estimate of drug-likeness (QED) is 0.396. The molecule has 1 fully saturated rings. The van der Waals surface area contributed by atoms with Gasteiger partial charge in [-0.2, -0.15) is 0 Å². The van der Waals surface area contributed by atoms with Crippen molar-refractivity contribution >= 4 is 28.1 Å². The fourth-order valence-corrected chi connectivity index (χ4v) is 4.25. The number of nitrogens with zero attached hydrogens (tertiary/aromatic N) is 2. The van der Waals surface area contributed by atoms with Crippen molar-refractivity contribution in [3.05, 3.63) is 69.7 Å². The molecule has 2 aromatic carbocycles. The third-order valence-corrected chi connectivity index (χ3v) is 6.48. The molecule has 0 spiro atoms. The molecule has 0 unspecified atom stereocenters. The van der Waals surface area contributed by atoms with Crippen LogP contribution >= 0.6 is 15.9 Å². The summed E-state index contributed by atoms with van der Waals surface area (Å²) < 4.78 is 39.5. The van der Waals surface area contributed by atoms with Crippen molar-refractivity contribution in [2.45, 2.75) is 58.4 Å². The number of benzene rings is 2. The van der Waals surface area contributed by atoms with Gasteiger partial charge in [0.1, 0.15) is 23.8 Å². The van der Waals surface area contributed by atoms with Crippen molar-refractivity contribution in [3.8, 4) is 0 Å². The van der Waals surface area contributed by atoms with E-state index in [9.17, 15) is 18.4 Å². The zero-order valence-corrected chi connectivity index (χ0v) is 23.0. The van der Waals surface area contributed by atoms with Gasteiger partial charge in [-0.05, 0) is 67.2 Å². The number of ether oxygens (including phenoxy) is 2. The van der Waals surface area contributed by atoms with Crippen molar-refractivity contribution in [2.75, 3.05) is 26.2 Å². The van der Waals surface area contributed by atoms with Crippen molar-refractivity contribution in [3.63, 3.8) is 0 Å². The van der Waals surface area contributed by atoms with Crippen LogP contribution in [0.2, 0.25) is 0 Å². The van der Waals surface area contributed by atoms with Crippen LogP contribution in [0.25, 0.3) is 0 Å². The standard InChI is InChI=1S/C27H34BrF2N3O4/c1-27(2,3)37-26(35)32-12-9-21(10-13-32)31-11-14-33(17-20-15-24(30)22(28)16-23(20)29)25(34)36-18-19-7-5-4-6-8-19/h4-8,15-16,21,31H,9-14,17-18H2,1-3H3. The van der Waals surface area contributed by atoms with E-state index >= 15 is 0 Å². The van der Waals surface area contributed by atoms with Crippen molar-refractivity contribution < 1.29 is 27.8 Å². The number of likely N-dealkylation sites (tertiary alicyclic amines) is 1. The van der Waals surface area contributed by atoms with Crippen LogP contribution in [0.4, 0.5) is 18.4 Å². The first kappa shape index (κ1) is 28.8. The maximum absolute atomic E-state index is 14.5.